The Morgan fingerprint density at radius 1 is 1.29 bits per heavy atom. The van der Waals surface area contributed by atoms with Crippen LogP contribution in [0.1, 0.15) is 5.56 Å². The predicted octanol–water partition coefficient (Wildman–Crippen LogP) is 0.0732. The summed E-state index contributed by atoms with van der Waals surface area (Å²) in [5.74, 6) is 0.594. The Kier molecular flexibility index (Phi) is 8.37. The largest absolute Gasteiger partial charge is 0.491 e. The van der Waals surface area contributed by atoms with E-state index in [-0.39, 0.29) is 26.2 Å². The number of ether oxygens (including phenoxy) is 1. The lowest BCUT2D eigenvalue weighted by molar-refractivity contribution is 0.0571. The first-order chi connectivity index (χ1) is 11.1. The molecule has 0 saturated carbocycles. The fourth-order valence-electron chi connectivity index (χ4n) is 2.01. The number of nitrogens with one attached hydrogen (secondary N) is 1. The van der Waals surface area contributed by atoms with Gasteiger partial charge in [0.05, 0.1) is 6.10 Å². The van der Waals surface area contributed by atoms with Gasteiger partial charge in [0.25, 0.3) is 0 Å². The van der Waals surface area contributed by atoms with Crippen molar-refractivity contribution in [3.8, 4) is 5.75 Å². The Bertz CT molecular complexity index is 628. The SMILES string of the molecule is Cc1cc(OCC(O)CN(C)CC(O)CNS(=O)(=O)O)ccc1Cl. The highest BCUT2D eigenvalue weighted by atomic mass is 35.5. The van der Waals surface area contributed by atoms with Gasteiger partial charge in [-0.2, -0.15) is 13.1 Å². The maximum Gasteiger partial charge on any atom is 0.333 e. The van der Waals surface area contributed by atoms with Gasteiger partial charge in [0.2, 0.25) is 0 Å². The zero-order valence-corrected chi connectivity index (χ0v) is 15.1. The van der Waals surface area contributed by atoms with Gasteiger partial charge in [-0.25, -0.2) is 0 Å². The molecule has 2 atom stereocenters. The number of halogens is 1. The van der Waals surface area contributed by atoms with Crippen LogP contribution in [0.25, 0.3) is 0 Å². The van der Waals surface area contributed by atoms with Crippen molar-refractivity contribution in [3.63, 3.8) is 0 Å². The van der Waals surface area contributed by atoms with Gasteiger partial charge >= 0.3 is 10.3 Å². The van der Waals surface area contributed by atoms with E-state index in [1.807, 2.05) is 6.92 Å². The average Bonchev–Trinajstić information content (AvgIpc) is 2.45. The van der Waals surface area contributed by atoms with E-state index < -0.39 is 22.5 Å². The zero-order chi connectivity index (χ0) is 18.3. The highest BCUT2D eigenvalue weighted by Crippen LogP contribution is 2.21. The molecule has 0 aliphatic carbocycles. The molecule has 1 aromatic carbocycles. The second kappa shape index (κ2) is 9.52. The molecule has 1 aromatic rings. The molecule has 24 heavy (non-hydrogen) atoms. The molecule has 138 valence electrons. The fourth-order valence-corrected chi connectivity index (χ4v) is 2.53. The molecule has 8 nitrogen and oxygen atoms in total. The van der Waals surface area contributed by atoms with Crippen LogP contribution >= 0.6 is 11.6 Å². The summed E-state index contributed by atoms with van der Waals surface area (Å²) in [6, 6.07) is 5.18. The van der Waals surface area contributed by atoms with E-state index in [1.165, 1.54) is 0 Å². The third-order valence-electron chi connectivity index (χ3n) is 3.12. The predicted molar refractivity (Wildman–Crippen MR) is 90.7 cm³/mol. The summed E-state index contributed by atoms with van der Waals surface area (Å²) in [6.07, 6.45) is -1.82. The number of aliphatic hydroxyl groups excluding tert-OH is 2. The van der Waals surface area contributed by atoms with Crippen molar-refractivity contribution in [2.24, 2.45) is 0 Å². The number of hydrogen-bond acceptors (Lipinski definition) is 6. The minimum atomic E-state index is -4.33. The summed E-state index contributed by atoms with van der Waals surface area (Å²) in [4.78, 5) is 1.62. The lowest BCUT2D eigenvalue weighted by atomic mass is 10.2. The highest BCUT2D eigenvalue weighted by Gasteiger charge is 2.15. The number of benzene rings is 1. The molecule has 0 heterocycles. The summed E-state index contributed by atoms with van der Waals surface area (Å²) < 4.78 is 36.8. The van der Waals surface area contributed by atoms with Crippen molar-refractivity contribution in [1.29, 1.82) is 0 Å². The van der Waals surface area contributed by atoms with Crippen molar-refractivity contribution in [2.45, 2.75) is 19.1 Å². The molecule has 2 unspecified atom stereocenters. The fraction of sp³-hybridized carbons (Fsp3) is 0.571. The van der Waals surface area contributed by atoms with E-state index in [4.69, 9.17) is 20.9 Å². The summed E-state index contributed by atoms with van der Waals surface area (Å²) in [5.41, 5.74) is 0.871. The molecule has 0 saturated heterocycles. The van der Waals surface area contributed by atoms with E-state index in [0.29, 0.717) is 10.8 Å². The number of aryl methyl sites for hydroxylation is 1. The van der Waals surface area contributed by atoms with Gasteiger partial charge in [0.1, 0.15) is 18.5 Å². The third-order valence-corrected chi connectivity index (χ3v) is 4.07. The first-order valence-electron chi connectivity index (χ1n) is 7.22. The molecule has 4 N–H and O–H groups in total. The van der Waals surface area contributed by atoms with E-state index in [1.54, 1.807) is 34.9 Å². The summed E-state index contributed by atoms with van der Waals surface area (Å²) in [5, 5.41) is 20.2. The second-order valence-electron chi connectivity index (χ2n) is 5.57. The molecule has 0 fully saturated rings. The zero-order valence-electron chi connectivity index (χ0n) is 13.5. The van der Waals surface area contributed by atoms with Crippen molar-refractivity contribution in [2.75, 3.05) is 33.3 Å². The van der Waals surface area contributed by atoms with Crippen LogP contribution in [-0.4, -0.2) is 73.6 Å². The number of aliphatic hydroxyl groups is 2. The van der Waals surface area contributed by atoms with Gasteiger partial charge in [-0.3, -0.25) is 4.55 Å². The summed E-state index contributed by atoms with van der Waals surface area (Å²) >= 11 is 5.92. The number of hydrogen-bond donors (Lipinski definition) is 4. The van der Waals surface area contributed by atoms with Crippen LogP contribution < -0.4 is 9.46 Å². The third kappa shape index (κ3) is 8.78. The highest BCUT2D eigenvalue weighted by molar-refractivity contribution is 7.83. The Balaban J connectivity index is 2.33. The van der Waals surface area contributed by atoms with Crippen molar-refractivity contribution in [1.82, 2.24) is 9.62 Å². The van der Waals surface area contributed by atoms with Crippen LogP contribution in [0.15, 0.2) is 18.2 Å². The van der Waals surface area contributed by atoms with Gasteiger partial charge in [-0.15, -0.1) is 0 Å². The molecule has 0 aromatic heterocycles. The normalized spacial score (nSPS) is 14.6. The van der Waals surface area contributed by atoms with E-state index in [0.717, 1.165) is 5.56 Å². The second-order valence-corrected chi connectivity index (χ2v) is 7.22. The number of likely N-dealkylation sites (N-methyl/N-ethyl adjacent to an activating group) is 1. The molecule has 0 radical (unpaired) electrons. The molecular formula is C14H23ClN2O6S. The standard InChI is InChI=1S/C14H23ClN2O6S/c1-10-5-13(3-4-14(10)15)23-9-12(19)8-17(2)7-11(18)6-16-24(20,21)22/h3-5,11-12,16,18-19H,6-9H2,1-2H3,(H,20,21,22). The van der Waals surface area contributed by atoms with Crippen LogP contribution in [0, 0.1) is 6.92 Å². The topological polar surface area (TPSA) is 119 Å². The van der Waals surface area contributed by atoms with Crippen molar-refractivity contribution in [3.05, 3.63) is 28.8 Å². The molecule has 0 spiro atoms. The Morgan fingerprint density at radius 2 is 1.92 bits per heavy atom. The van der Waals surface area contributed by atoms with Crippen LogP contribution in [-0.2, 0) is 10.3 Å². The van der Waals surface area contributed by atoms with E-state index in [2.05, 4.69) is 0 Å². The maximum atomic E-state index is 10.5. The molecule has 0 amide bonds. The van der Waals surface area contributed by atoms with Crippen LogP contribution in [0.5, 0.6) is 5.75 Å². The molecule has 10 heteroatoms. The van der Waals surface area contributed by atoms with Gasteiger partial charge in [-0.1, -0.05) is 11.6 Å². The molecule has 0 aliphatic heterocycles. The molecule has 0 bridgehead atoms. The average molecular weight is 383 g/mol. The van der Waals surface area contributed by atoms with Crippen LogP contribution in [0.2, 0.25) is 5.02 Å². The first kappa shape index (κ1) is 21.1. The molecular weight excluding hydrogens is 360 g/mol. The Hall–Kier alpha value is -0.940. The lowest BCUT2D eigenvalue weighted by Crippen LogP contribution is -2.41. The van der Waals surface area contributed by atoms with E-state index >= 15 is 0 Å². The van der Waals surface area contributed by atoms with Gasteiger partial charge < -0.3 is 19.8 Å². The summed E-state index contributed by atoms with van der Waals surface area (Å²) in [6.45, 7) is 1.92. The maximum absolute atomic E-state index is 10.5. The minimum Gasteiger partial charge on any atom is -0.491 e. The number of nitrogens with zero attached hydrogens (tertiary/aromatic N) is 1. The van der Waals surface area contributed by atoms with Crippen LogP contribution in [0.4, 0.5) is 0 Å². The molecule has 1 rings (SSSR count). The van der Waals surface area contributed by atoms with Crippen LogP contribution in [0.3, 0.4) is 0 Å². The van der Waals surface area contributed by atoms with E-state index in [9.17, 15) is 18.6 Å². The first-order valence-corrected chi connectivity index (χ1v) is 9.04. The Labute approximate surface area is 146 Å². The quantitative estimate of drug-likeness (QED) is 0.423. The smallest absolute Gasteiger partial charge is 0.333 e. The van der Waals surface area contributed by atoms with Gasteiger partial charge in [0.15, 0.2) is 0 Å². The lowest BCUT2D eigenvalue weighted by Gasteiger charge is -2.23. The summed E-state index contributed by atoms with van der Waals surface area (Å²) in [7, 11) is -2.67. The minimum absolute atomic E-state index is 0.0603. The Morgan fingerprint density at radius 3 is 2.50 bits per heavy atom. The van der Waals surface area contributed by atoms with Gasteiger partial charge in [0, 0.05) is 24.7 Å². The number of rotatable bonds is 10. The van der Waals surface area contributed by atoms with Crippen molar-refractivity contribution < 1.29 is 27.9 Å². The monoisotopic (exact) mass is 382 g/mol. The molecule has 0 aliphatic rings. The van der Waals surface area contributed by atoms with Crippen molar-refractivity contribution >= 4 is 21.9 Å². The van der Waals surface area contributed by atoms with Gasteiger partial charge in [-0.05, 0) is 37.7 Å².